The zero-order valence-corrected chi connectivity index (χ0v) is 13.3. The first-order chi connectivity index (χ1) is 10.3. The molecule has 0 atom stereocenters. The van der Waals surface area contributed by atoms with Gasteiger partial charge in [0.1, 0.15) is 5.69 Å². The van der Waals surface area contributed by atoms with Crippen molar-refractivity contribution in [2.75, 3.05) is 5.32 Å². The molecule has 5 nitrogen and oxygen atoms in total. The molecule has 0 radical (unpaired) electrons. The summed E-state index contributed by atoms with van der Waals surface area (Å²) in [5.41, 5.74) is 1.77. The third-order valence-electron chi connectivity index (χ3n) is 3.23. The third-order valence-corrected chi connectivity index (χ3v) is 3.78. The van der Waals surface area contributed by atoms with Crippen molar-refractivity contribution in [3.05, 3.63) is 67.2 Å². The van der Waals surface area contributed by atoms with Gasteiger partial charge in [0.2, 0.25) is 0 Å². The largest absolute Gasteiger partial charge is 0.316 e. The molecule has 114 valence electrons. The van der Waals surface area contributed by atoms with E-state index in [1.165, 1.54) is 24.3 Å². The van der Waals surface area contributed by atoms with Crippen LogP contribution in [0.5, 0.6) is 0 Å². The molecule has 22 heavy (non-hydrogen) atoms. The van der Waals surface area contributed by atoms with E-state index in [1.54, 1.807) is 13.0 Å². The van der Waals surface area contributed by atoms with Crippen LogP contribution in [0.4, 0.5) is 11.4 Å². The summed E-state index contributed by atoms with van der Waals surface area (Å²) < 4.78 is 0. The predicted octanol–water partition coefficient (Wildman–Crippen LogP) is 4.77. The van der Waals surface area contributed by atoms with Gasteiger partial charge in [-0.05, 0) is 49.2 Å². The molecule has 0 saturated heterocycles. The molecule has 7 heteroatoms. The van der Waals surface area contributed by atoms with Gasteiger partial charge < -0.3 is 5.32 Å². The summed E-state index contributed by atoms with van der Waals surface area (Å²) in [6.07, 6.45) is 0. The fourth-order valence-corrected chi connectivity index (χ4v) is 2.41. The molecular weight excluding hydrogens is 327 g/mol. The van der Waals surface area contributed by atoms with Crippen molar-refractivity contribution in [1.82, 2.24) is 0 Å². The number of carbonyl (C=O) groups is 1. The average Bonchev–Trinajstić information content (AvgIpc) is 2.42. The number of benzene rings is 2. The van der Waals surface area contributed by atoms with E-state index in [-0.39, 0.29) is 22.0 Å². The van der Waals surface area contributed by atoms with Crippen LogP contribution in [0.1, 0.15) is 21.5 Å². The SMILES string of the molecule is Cc1cc(NC(=O)c2ccc(Cl)cc2Cl)c([N+](=O)[O-])cc1C. The van der Waals surface area contributed by atoms with Crippen molar-refractivity contribution in [2.24, 2.45) is 0 Å². The van der Waals surface area contributed by atoms with Crippen molar-refractivity contribution in [3.8, 4) is 0 Å². The van der Waals surface area contributed by atoms with Crippen LogP contribution < -0.4 is 5.32 Å². The van der Waals surface area contributed by atoms with Gasteiger partial charge in [-0.15, -0.1) is 0 Å². The van der Waals surface area contributed by atoms with Gasteiger partial charge in [-0.2, -0.15) is 0 Å². The van der Waals surface area contributed by atoms with Gasteiger partial charge >= 0.3 is 0 Å². The van der Waals surface area contributed by atoms with Crippen molar-refractivity contribution in [3.63, 3.8) is 0 Å². The van der Waals surface area contributed by atoms with E-state index in [2.05, 4.69) is 5.32 Å². The van der Waals surface area contributed by atoms with Gasteiger partial charge in [0, 0.05) is 11.1 Å². The Hall–Kier alpha value is -2.11. The molecule has 2 aromatic carbocycles. The van der Waals surface area contributed by atoms with Gasteiger partial charge in [-0.1, -0.05) is 23.2 Å². The number of amides is 1. The zero-order chi connectivity index (χ0) is 16.4. The fourth-order valence-electron chi connectivity index (χ4n) is 1.92. The lowest BCUT2D eigenvalue weighted by Gasteiger charge is -2.10. The normalized spacial score (nSPS) is 10.4. The zero-order valence-electron chi connectivity index (χ0n) is 11.8. The topological polar surface area (TPSA) is 72.2 Å². The van der Waals surface area contributed by atoms with Gasteiger partial charge in [0.05, 0.1) is 15.5 Å². The van der Waals surface area contributed by atoms with E-state index in [1.807, 2.05) is 6.92 Å². The minimum Gasteiger partial charge on any atom is -0.316 e. The van der Waals surface area contributed by atoms with Crippen LogP contribution in [0.2, 0.25) is 10.0 Å². The molecule has 0 fully saturated rings. The molecule has 1 amide bonds. The molecule has 0 saturated carbocycles. The Kier molecular flexibility index (Phi) is 4.68. The predicted molar refractivity (Wildman–Crippen MR) is 87.0 cm³/mol. The highest BCUT2D eigenvalue weighted by Gasteiger charge is 2.19. The van der Waals surface area contributed by atoms with Crippen molar-refractivity contribution < 1.29 is 9.72 Å². The molecule has 0 unspecified atom stereocenters. The van der Waals surface area contributed by atoms with E-state index < -0.39 is 10.8 Å². The fraction of sp³-hybridized carbons (Fsp3) is 0.133. The Labute approximate surface area is 137 Å². The van der Waals surface area contributed by atoms with Crippen molar-refractivity contribution >= 4 is 40.5 Å². The molecule has 0 heterocycles. The maximum atomic E-state index is 12.3. The molecule has 1 N–H and O–H groups in total. The second kappa shape index (κ2) is 6.34. The Morgan fingerprint density at radius 3 is 2.36 bits per heavy atom. The molecule has 0 aliphatic heterocycles. The standard InChI is InChI=1S/C15H12Cl2N2O3/c1-8-5-13(14(19(21)22)6-9(8)2)18-15(20)11-4-3-10(16)7-12(11)17/h3-7H,1-2H3,(H,18,20). The first kappa shape index (κ1) is 16.3. The maximum Gasteiger partial charge on any atom is 0.293 e. The van der Waals surface area contributed by atoms with E-state index in [0.29, 0.717) is 5.02 Å². The van der Waals surface area contributed by atoms with E-state index >= 15 is 0 Å². The summed E-state index contributed by atoms with van der Waals surface area (Å²) >= 11 is 11.8. The molecule has 0 aliphatic rings. The summed E-state index contributed by atoms with van der Waals surface area (Å²) in [5, 5.41) is 14.2. The lowest BCUT2D eigenvalue weighted by Crippen LogP contribution is -2.14. The Morgan fingerprint density at radius 2 is 1.77 bits per heavy atom. The Balaban J connectivity index is 2.40. The minimum atomic E-state index is -0.536. The maximum absolute atomic E-state index is 12.3. The number of nitro groups is 1. The summed E-state index contributed by atoms with van der Waals surface area (Å²) in [6.45, 7) is 3.58. The van der Waals surface area contributed by atoms with Gasteiger partial charge in [-0.25, -0.2) is 0 Å². The average molecular weight is 339 g/mol. The first-order valence-electron chi connectivity index (χ1n) is 6.31. The number of nitrogens with zero attached hydrogens (tertiary/aromatic N) is 1. The minimum absolute atomic E-state index is 0.129. The smallest absolute Gasteiger partial charge is 0.293 e. The molecule has 2 aromatic rings. The van der Waals surface area contributed by atoms with Crippen LogP contribution in [-0.4, -0.2) is 10.8 Å². The summed E-state index contributed by atoms with van der Waals surface area (Å²) in [5.74, 6) is -0.534. The van der Waals surface area contributed by atoms with Crippen LogP contribution in [0.15, 0.2) is 30.3 Å². The van der Waals surface area contributed by atoms with Crippen LogP contribution in [0, 0.1) is 24.0 Å². The highest BCUT2D eigenvalue weighted by Crippen LogP contribution is 2.29. The van der Waals surface area contributed by atoms with Gasteiger partial charge in [0.15, 0.2) is 0 Å². The molecule has 0 spiro atoms. The lowest BCUT2D eigenvalue weighted by atomic mass is 10.1. The number of hydrogen-bond donors (Lipinski definition) is 1. The lowest BCUT2D eigenvalue weighted by molar-refractivity contribution is -0.384. The number of halogens is 2. The van der Waals surface area contributed by atoms with Crippen molar-refractivity contribution in [2.45, 2.75) is 13.8 Å². The molecular formula is C15H12Cl2N2O3. The Bertz CT molecular complexity index is 776. The monoisotopic (exact) mass is 338 g/mol. The summed E-state index contributed by atoms with van der Waals surface area (Å²) in [6, 6.07) is 7.42. The molecule has 2 rings (SSSR count). The number of anilines is 1. The quantitative estimate of drug-likeness (QED) is 0.647. The number of rotatable bonds is 3. The van der Waals surface area contributed by atoms with Crippen molar-refractivity contribution in [1.29, 1.82) is 0 Å². The number of nitro benzene ring substituents is 1. The van der Waals surface area contributed by atoms with E-state index in [9.17, 15) is 14.9 Å². The third kappa shape index (κ3) is 3.37. The second-order valence-electron chi connectivity index (χ2n) is 4.79. The van der Waals surface area contributed by atoms with Gasteiger partial charge in [-0.3, -0.25) is 14.9 Å². The van der Waals surface area contributed by atoms with Crippen LogP contribution in [-0.2, 0) is 0 Å². The van der Waals surface area contributed by atoms with Gasteiger partial charge in [0.25, 0.3) is 11.6 Å². The number of nitrogens with one attached hydrogen (secondary N) is 1. The van der Waals surface area contributed by atoms with Crippen LogP contribution in [0.3, 0.4) is 0 Å². The highest BCUT2D eigenvalue weighted by atomic mass is 35.5. The number of aryl methyl sites for hydroxylation is 2. The summed E-state index contributed by atoms with van der Waals surface area (Å²) in [4.78, 5) is 22.8. The summed E-state index contributed by atoms with van der Waals surface area (Å²) in [7, 11) is 0. The van der Waals surface area contributed by atoms with Crippen LogP contribution >= 0.6 is 23.2 Å². The number of hydrogen-bond acceptors (Lipinski definition) is 3. The molecule has 0 bridgehead atoms. The highest BCUT2D eigenvalue weighted by molar-refractivity contribution is 6.37. The van der Waals surface area contributed by atoms with E-state index in [4.69, 9.17) is 23.2 Å². The first-order valence-corrected chi connectivity index (χ1v) is 7.07. The van der Waals surface area contributed by atoms with E-state index in [0.717, 1.165) is 11.1 Å². The molecule has 0 aliphatic carbocycles. The molecule has 0 aromatic heterocycles. The van der Waals surface area contributed by atoms with Crippen LogP contribution in [0.25, 0.3) is 0 Å². The second-order valence-corrected chi connectivity index (χ2v) is 5.63. The Morgan fingerprint density at radius 1 is 1.14 bits per heavy atom. The number of carbonyl (C=O) groups excluding carboxylic acids is 1.